The molecule has 0 fully saturated rings. The van der Waals surface area contributed by atoms with Crippen molar-refractivity contribution in [3.8, 4) is 0 Å². The van der Waals surface area contributed by atoms with Gasteiger partial charge in [0.25, 0.3) is 5.56 Å². The Kier molecular flexibility index (Phi) is 4.55. The molecular formula is C17H12Cl2N2O3. The van der Waals surface area contributed by atoms with Gasteiger partial charge >= 0.3 is 5.97 Å². The summed E-state index contributed by atoms with van der Waals surface area (Å²) in [6.07, 6.45) is 1.64. The van der Waals surface area contributed by atoms with Crippen molar-refractivity contribution in [2.75, 3.05) is 0 Å². The lowest BCUT2D eigenvalue weighted by atomic mass is 10.2. The molecular weight excluding hydrogens is 351 g/mol. The summed E-state index contributed by atoms with van der Waals surface area (Å²) in [4.78, 5) is 28.6. The fraction of sp³-hybridized carbons (Fsp3) is 0.118. The third kappa shape index (κ3) is 3.42. The summed E-state index contributed by atoms with van der Waals surface area (Å²) in [5, 5.41) is 0.680. The number of esters is 1. The van der Waals surface area contributed by atoms with Gasteiger partial charge in [-0.25, -0.2) is 9.78 Å². The molecule has 122 valence electrons. The highest BCUT2D eigenvalue weighted by molar-refractivity contribution is 6.35. The Morgan fingerprint density at radius 2 is 1.92 bits per heavy atom. The topological polar surface area (TPSA) is 60.7 Å². The van der Waals surface area contributed by atoms with Gasteiger partial charge in [0.15, 0.2) is 0 Å². The summed E-state index contributed by atoms with van der Waals surface area (Å²) in [6.45, 7) is 1.73. The van der Waals surface area contributed by atoms with Crippen LogP contribution in [-0.2, 0) is 11.3 Å². The molecule has 5 nitrogen and oxygen atoms in total. The number of fused-ring (bicyclic) bond motifs is 1. The largest absolute Gasteiger partial charge is 0.456 e. The van der Waals surface area contributed by atoms with Crippen molar-refractivity contribution < 1.29 is 9.53 Å². The predicted octanol–water partition coefficient (Wildman–Crippen LogP) is 3.67. The van der Waals surface area contributed by atoms with Gasteiger partial charge in [0.2, 0.25) is 0 Å². The van der Waals surface area contributed by atoms with E-state index in [9.17, 15) is 9.59 Å². The predicted molar refractivity (Wildman–Crippen MR) is 91.8 cm³/mol. The first-order chi connectivity index (χ1) is 11.4. The van der Waals surface area contributed by atoms with Gasteiger partial charge in [-0.1, -0.05) is 29.3 Å². The van der Waals surface area contributed by atoms with Gasteiger partial charge in [-0.05, 0) is 36.8 Å². The van der Waals surface area contributed by atoms with Crippen LogP contribution in [0.25, 0.3) is 5.65 Å². The maximum Gasteiger partial charge on any atom is 0.338 e. The van der Waals surface area contributed by atoms with Crippen molar-refractivity contribution >= 4 is 34.8 Å². The standard InChI is InChI=1S/C17H12Cl2N2O3/c1-10-3-2-4-21-15(22)8-14(20-16(10)21)9-24-17(23)11-5-12(18)7-13(19)6-11/h2-8H,9H2,1H3. The molecule has 1 aromatic carbocycles. The SMILES string of the molecule is Cc1cccn2c(=O)cc(COC(=O)c3cc(Cl)cc(Cl)c3)nc12. The second kappa shape index (κ2) is 6.63. The Bertz CT molecular complexity index is 979. The first-order valence-electron chi connectivity index (χ1n) is 7.05. The minimum absolute atomic E-state index is 0.122. The molecule has 3 rings (SSSR count). The summed E-state index contributed by atoms with van der Waals surface area (Å²) in [5.74, 6) is -0.591. The van der Waals surface area contributed by atoms with Crippen molar-refractivity contribution in [1.29, 1.82) is 0 Å². The Morgan fingerprint density at radius 1 is 1.21 bits per heavy atom. The number of hydrogen-bond acceptors (Lipinski definition) is 4. The molecule has 0 N–H and O–H groups in total. The van der Waals surface area contributed by atoms with Crippen LogP contribution in [-0.4, -0.2) is 15.4 Å². The first kappa shape index (κ1) is 16.5. The molecule has 0 bridgehead atoms. The maximum absolute atomic E-state index is 12.1. The Labute approximate surface area is 147 Å². The van der Waals surface area contributed by atoms with Crippen LogP contribution < -0.4 is 5.56 Å². The number of hydrogen-bond donors (Lipinski definition) is 0. The van der Waals surface area contributed by atoms with Gasteiger partial charge in [-0.15, -0.1) is 0 Å². The zero-order valence-electron chi connectivity index (χ0n) is 12.6. The van der Waals surface area contributed by atoms with E-state index >= 15 is 0 Å². The summed E-state index contributed by atoms with van der Waals surface area (Å²) in [7, 11) is 0. The molecule has 2 aromatic heterocycles. The lowest BCUT2D eigenvalue weighted by molar-refractivity contribution is 0.0467. The van der Waals surface area contributed by atoms with E-state index in [1.165, 1.54) is 28.7 Å². The van der Waals surface area contributed by atoms with Crippen molar-refractivity contribution in [3.63, 3.8) is 0 Å². The number of aromatic nitrogens is 2. The number of rotatable bonds is 3. The van der Waals surface area contributed by atoms with E-state index in [1.807, 2.05) is 13.0 Å². The molecule has 24 heavy (non-hydrogen) atoms. The average Bonchev–Trinajstić information content (AvgIpc) is 2.52. The molecule has 0 atom stereocenters. The van der Waals surface area contributed by atoms with Crippen molar-refractivity contribution in [1.82, 2.24) is 9.38 Å². The molecule has 0 amide bonds. The van der Waals surface area contributed by atoms with E-state index < -0.39 is 5.97 Å². The number of carbonyl (C=O) groups excluding carboxylic acids is 1. The third-order valence-electron chi connectivity index (χ3n) is 3.39. The Morgan fingerprint density at radius 3 is 2.62 bits per heavy atom. The monoisotopic (exact) mass is 362 g/mol. The number of ether oxygens (including phenoxy) is 1. The molecule has 0 aliphatic rings. The van der Waals surface area contributed by atoms with E-state index in [0.717, 1.165) is 5.56 Å². The van der Waals surface area contributed by atoms with Crippen LogP contribution in [0.1, 0.15) is 21.6 Å². The van der Waals surface area contributed by atoms with Crippen LogP contribution in [0.5, 0.6) is 0 Å². The van der Waals surface area contributed by atoms with E-state index in [4.69, 9.17) is 27.9 Å². The summed E-state index contributed by atoms with van der Waals surface area (Å²) in [6, 6.07) is 9.41. The number of benzene rings is 1. The minimum Gasteiger partial charge on any atom is -0.456 e. The number of carbonyl (C=O) groups is 1. The zero-order valence-corrected chi connectivity index (χ0v) is 14.1. The molecule has 7 heteroatoms. The van der Waals surface area contributed by atoms with Crippen LogP contribution in [0, 0.1) is 6.92 Å². The summed E-state index contributed by atoms with van der Waals surface area (Å²) in [5.41, 5.74) is 1.75. The van der Waals surface area contributed by atoms with Crippen molar-refractivity contribution in [3.05, 3.63) is 79.8 Å². The van der Waals surface area contributed by atoms with Gasteiger partial charge < -0.3 is 4.74 Å². The van der Waals surface area contributed by atoms with Crippen LogP contribution in [0.15, 0.2) is 47.4 Å². The summed E-state index contributed by atoms with van der Waals surface area (Å²) < 4.78 is 6.64. The fourth-order valence-corrected chi connectivity index (χ4v) is 2.80. The molecule has 0 unspecified atom stereocenters. The van der Waals surface area contributed by atoms with Gasteiger partial charge in [0, 0.05) is 22.3 Å². The highest BCUT2D eigenvalue weighted by Crippen LogP contribution is 2.20. The lowest BCUT2D eigenvalue weighted by Gasteiger charge is -2.08. The van der Waals surface area contributed by atoms with E-state index in [0.29, 0.717) is 21.4 Å². The molecule has 0 aliphatic carbocycles. The molecule has 0 aliphatic heterocycles. The zero-order chi connectivity index (χ0) is 17.3. The highest BCUT2D eigenvalue weighted by atomic mass is 35.5. The number of pyridine rings is 1. The van der Waals surface area contributed by atoms with Crippen LogP contribution in [0.2, 0.25) is 10.0 Å². The minimum atomic E-state index is -0.591. The second-order valence-corrected chi connectivity index (χ2v) is 6.08. The van der Waals surface area contributed by atoms with Crippen molar-refractivity contribution in [2.24, 2.45) is 0 Å². The molecule has 2 heterocycles. The van der Waals surface area contributed by atoms with Crippen LogP contribution >= 0.6 is 23.2 Å². The van der Waals surface area contributed by atoms with Gasteiger partial charge in [-0.2, -0.15) is 0 Å². The van der Waals surface area contributed by atoms with Crippen LogP contribution in [0.4, 0.5) is 0 Å². The molecule has 0 saturated heterocycles. The van der Waals surface area contributed by atoms with Gasteiger partial charge in [0.05, 0.1) is 11.3 Å². The molecule has 0 spiro atoms. The lowest BCUT2D eigenvalue weighted by Crippen LogP contribution is -2.17. The highest BCUT2D eigenvalue weighted by Gasteiger charge is 2.11. The van der Waals surface area contributed by atoms with Gasteiger partial charge in [0.1, 0.15) is 12.3 Å². The average molecular weight is 363 g/mol. The fourth-order valence-electron chi connectivity index (χ4n) is 2.28. The third-order valence-corrected chi connectivity index (χ3v) is 3.83. The quantitative estimate of drug-likeness (QED) is 0.667. The molecule has 3 aromatic rings. The Hall–Kier alpha value is -2.37. The smallest absolute Gasteiger partial charge is 0.338 e. The van der Waals surface area contributed by atoms with Crippen molar-refractivity contribution in [2.45, 2.75) is 13.5 Å². The second-order valence-electron chi connectivity index (χ2n) is 5.20. The van der Waals surface area contributed by atoms with E-state index in [1.54, 1.807) is 12.3 Å². The normalized spacial score (nSPS) is 10.8. The number of aryl methyl sites for hydroxylation is 1. The van der Waals surface area contributed by atoms with E-state index in [-0.39, 0.29) is 17.7 Å². The number of halogens is 2. The van der Waals surface area contributed by atoms with E-state index in [2.05, 4.69) is 4.98 Å². The molecule has 0 radical (unpaired) electrons. The van der Waals surface area contributed by atoms with Crippen LogP contribution in [0.3, 0.4) is 0 Å². The number of nitrogens with zero attached hydrogens (tertiary/aromatic N) is 2. The first-order valence-corrected chi connectivity index (χ1v) is 7.81. The molecule has 0 saturated carbocycles. The Balaban J connectivity index is 1.84. The van der Waals surface area contributed by atoms with Gasteiger partial charge in [-0.3, -0.25) is 9.20 Å². The summed E-state index contributed by atoms with van der Waals surface area (Å²) >= 11 is 11.7. The maximum atomic E-state index is 12.1.